The molecule has 0 atom stereocenters. The number of aryl methyl sites for hydroxylation is 1. The van der Waals surface area contributed by atoms with Crippen molar-refractivity contribution >= 4 is 11.4 Å². The van der Waals surface area contributed by atoms with E-state index in [2.05, 4.69) is 48.6 Å². The maximum atomic E-state index is 3.33. The lowest BCUT2D eigenvalue weighted by molar-refractivity contribution is 1.45. The second kappa shape index (κ2) is 10.4. The molecule has 98 valence electrons. The lowest BCUT2D eigenvalue weighted by Gasteiger charge is -2.05. The van der Waals surface area contributed by atoms with Crippen molar-refractivity contribution in [2.24, 2.45) is 0 Å². The zero-order chi connectivity index (χ0) is 13.8. The van der Waals surface area contributed by atoms with Crippen LogP contribution in [0.2, 0.25) is 0 Å². The Hall–Kier alpha value is -1.76. The molecule has 0 radical (unpaired) electrons. The Morgan fingerprint density at radius 2 is 1.06 bits per heavy atom. The number of benzene rings is 2. The molecule has 0 amide bonds. The van der Waals surface area contributed by atoms with E-state index in [4.69, 9.17) is 0 Å². The van der Waals surface area contributed by atoms with Gasteiger partial charge in [0.15, 0.2) is 0 Å². The maximum Gasteiger partial charge on any atom is 0.0384 e. The Kier molecular flexibility index (Phi) is 9.38. The van der Waals surface area contributed by atoms with Crippen molar-refractivity contribution in [1.29, 1.82) is 0 Å². The summed E-state index contributed by atoms with van der Waals surface area (Å²) in [5.74, 6) is 0. The molecule has 0 heterocycles. The molecule has 0 aliphatic rings. The van der Waals surface area contributed by atoms with Crippen LogP contribution < -0.4 is 5.32 Å². The first kappa shape index (κ1) is 16.2. The van der Waals surface area contributed by atoms with E-state index >= 15 is 0 Å². The first-order valence-corrected chi connectivity index (χ1v) is 6.73. The molecule has 0 spiro atoms. The van der Waals surface area contributed by atoms with Crippen LogP contribution in [0.1, 0.15) is 33.3 Å². The van der Waals surface area contributed by atoms with Gasteiger partial charge < -0.3 is 5.32 Å². The summed E-state index contributed by atoms with van der Waals surface area (Å²) >= 11 is 0. The zero-order valence-electron chi connectivity index (χ0n) is 12.2. The molecule has 0 fully saturated rings. The molecule has 0 aromatic heterocycles. The maximum absolute atomic E-state index is 3.33. The molecule has 1 heteroatoms. The van der Waals surface area contributed by atoms with Crippen LogP contribution in [-0.2, 0) is 0 Å². The van der Waals surface area contributed by atoms with Gasteiger partial charge in [-0.05, 0) is 31.2 Å². The molecule has 0 bridgehead atoms. The SMILES string of the molecule is CC.CC.Cc1ccc(Nc2ccccc2)cc1. The summed E-state index contributed by atoms with van der Waals surface area (Å²) in [6.07, 6.45) is 0. The number of hydrogen-bond acceptors (Lipinski definition) is 1. The second-order valence-electron chi connectivity index (χ2n) is 3.36. The number of para-hydroxylation sites is 1. The quantitative estimate of drug-likeness (QED) is 0.703. The molecule has 0 aliphatic carbocycles. The molecule has 1 N–H and O–H groups in total. The molecule has 0 aliphatic heterocycles. The minimum Gasteiger partial charge on any atom is -0.356 e. The van der Waals surface area contributed by atoms with E-state index in [0.717, 1.165) is 11.4 Å². The molecule has 1 nitrogen and oxygen atoms in total. The molecule has 18 heavy (non-hydrogen) atoms. The smallest absolute Gasteiger partial charge is 0.0384 e. The van der Waals surface area contributed by atoms with Gasteiger partial charge in [-0.15, -0.1) is 0 Å². The number of hydrogen-bond donors (Lipinski definition) is 1. The van der Waals surface area contributed by atoms with Crippen molar-refractivity contribution in [3.8, 4) is 0 Å². The Balaban J connectivity index is 0.000000659. The summed E-state index contributed by atoms with van der Waals surface area (Å²) in [5, 5.41) is 3.33. The van der Waals surface area contributed by atoms with E-state index in [1.165, 1.54) is 5.56 Å². The van der Waals surface area contributed by atoms with E-state index in [0.29, 0.717) is 0 Å². The summed E-state index contributed by atoms with van der Waals surface area (Å²) in [6.45, 7) is 10.1. The van der Waals surface area contributed by atoms with Crippen LogP contribution in [0, 0.1) is 6.92 Å². The van der Waals surface area contributed by atoms with Gasteiger partial charge in [0.05, 0.1) is 0 Å². The van der Waals surface area contributed by atoms with Gasteiger partial charge in [-0.25, -0.2) is 0 Å². The number of rotatable bonds is 2. The van der Waals surface area contributed by atoms with Crippen molar-refractivity contribution < 1.29 is 0 Å². The fourth-order valence-corrected chi connectivity index (χ4v) is 1.33. The summed E-state index contributed by atoms with van der Waals surface area (Å²) in [5.41, 5.74) is 3.53. The number of anilines is 2. The topological polar surface area (TPSA) is 12.0 Å². The first-order valence-electron chi connectivity index (χ1n) is 6.73. The van der Waals surface area contributed by atoms with Crippen LogP contribution in [0.3, 0.4) is 0 Å². The Morgan fingerprint density at radius 1 is 0.611 bits per heavy atom. The van der Waals surface area contributed by atoms with E-state index in [1.807, 2.05) is 45.9 Å². The Bertz CT molecular complexity index is 390. The van der Waals surface area contributed by atoms with E-state index in [1.54, 1.807) is 0 Å². The van der Waals surface area contributed by atoms with Crippen molar-refractivity contribution in [1.82, 2.24) is 0 Å². The highest BCUT2D eigenvalue weighted by atomic mass is 14.9. The second-order valence-corrected chi connectivity index (χ2v) is 3.36. The van der Waals surface area contributed by atoms with E-state index < -0.39 is 0 Å². The van der Waals surface area contributed by atoms with Crippen molar-refractivity contribution in [2.75, 3.05) is 5.32 Å². The largest absolute Gasteiger partial charge is 0.356 e. The third-order valence-electron chi connectivity index (χ3n) is 2.11. The molecule has 2 rings (SSSR count). The van der Waals surface area contributed by atoms with Crippen molar-refractivity contribution in [2.45, 2.75) is 34.6 Å². The Labute approximate surface area is 112 Å². The molecular formula is C17H25N. The first-order chi connectivity index (χ1) is 8.84. The predicted octanol–water partition coefficient (Wildman–Crippen LogP) is 5.79. The van der Waals surface area contributed by atoms with Crippen LogP contribution in [0.4, 0.5) is 11.4 Å². The minimum atomic E-state index is 1.12. The zero-order valence-corrected chi connectivity index (χ0v) is 12.2. The van der Waals surface area contributed by atoms with Gasteiger partial charge in [-0.3, -0.25) is 0 Å². The lowest BCUT2D eigenvalue weighted by atomic mass is 10.2. The standard InChI is InChI=1S/C13H13N.2C2H6/c1-11-7-9-13(10-8-11)14-12-5-3-2-4-6-12;2*1-2/h2-10,14H,1H3;2*1-2H3. The van der Waals surface area contributed by atoms with Crippen molar-refractivity contribution in [3.63, 3.8) is 0 Å². The summed E-state index contributed by atoms with van der Waals surface area (Å²) in [7, 11) is 0. The van der Waals surface area contributed by atoms with Crippen LogP contribution >= 0.6 is 0 Å². The highest BCUT2D eigenvalue weighted by molar-refractivity contribution is 5.59. The highest BCUT2D eigenvalue weighted by Gasteiger charge is 1.91. The van der Waals surface area contributed by atoms with Gasteiger partial charge in [0.1, 0.15) is 0 Å². The van der Waals surface area contributed by atoms with Gasteiger partial charge in [-0.2, -0.15) is 0 Å². The predicted molar refractivity (Wildman–Crippen MR) is 83.6 cm³/mol. The summed E-state index contributed by atoms with van der Waals surface area (Å²) < 4.78 is 0. The summed E-state index contributed by atoms with van der Waals surface area (Å²) in [4.78, 5) is 0. The Morgan fingerprint density at radius 3 is 1.56 bits per heavy atom. The summed E-state index contributed by atoms with van der Waals surface area (Å²) in [6, 6.07) is 18.5. The van der Waals surface area contributed by atoms with Crippen LogP contribution in [0.5, 0.6) is 0 Å². The van der Waals surface area contributed by atoms with Gasteiger partial charge in [-0.1, -0.05) is 63.6 Å². The average Bonchev–Trinajstić information content (AvgIpc) is 2.47. The molecule has 0 unspecified atom stereocenters. The minimum absolute atomic E-state index is 1.12. The van der Waals surface area contributed by atoms with Crippen LogP contribution in [0.25, 0.3) is 0 Å². The lowest BCUT2D eigenvalue weighted by Crippen LogP contribution is -1.88. The van der Waals surface area contributed by atoms with E-state index in [9.17, 15) is 0 Å². The van der Waals surface area contributed by atoms with Gasteiger partial charge in [0.25, 0.3) is 0 Å². The monoisotopic (exact) mass is 243 g/mol. The molecule has 2 aromatic rings. The molecule has 2 aromatic carbocycles. The van der Waals surface area contributed by atoms with Crippen molar-refractivity contribution in [3.05, 3.63) is 60.2 Å². The normalized spacial score (nSPS) is 8.28. The number of nitrogens with one attached hydrogen (secondary N) is 1. The third kappa shape index (κ3) is 6.09. The fourth-order valence-electron chi connectivity index (χ4n) is 1.33. The van der Waals surface area contributed by atoms with Gasteiger partial charge in [0, 0.05) is 11.4 Å². The van der Waals surface area contributed by atoms with Crippen LogP contribution in [-0.4, -0.2) is 0 Å². The molecular weight excluding hydrogens is 218 g/mol. The average molecular weight is 243 g/mol. The molecule has 0 saturated carbocycles. The van der Waals surface area contributed by atoms with Gasteiger partial charge in [0.2, 0.25) is 0 Å². The van der Waals surface area contributed by atoms with Gasteiger partial charge >= 0.3 is 0 Å². The molecule has 0 saturated heterocycles. The van der Waals surface area contributed by atoms with Crippen LogP contribution in [0.15, 0.2) is 54.6 Å². The third-order valence-corrected chi connectivity index (χ3v) is 2.11. The highest BCUT2D eigenvalue weighted by Crippen LogP contribution is 2.15. The van der Waals surface area contributed by atoms with E-state index in [-0.39, 0.29) is 0 Å². The fraction of sp³-hybridized carbons (Fsp3) is 0.294.